The molecule has 1 atom stereocenters. The van der Waals surface area contributed by atoms with Gasteiger partial charge < -0.3 is 10.3 Å². The highest BCUT2D eigenvalue weighted by Gasteiger charge is 2.14. The van der Waals surface area contributed by atoms with Crippen molar-refractivity contribution >= 4 is 11.8 Å². The van der Waals surface area contributed by atoms with E-state index in [1.807, 2.05) is 4.68 Å². The number of nitrogens with one attached hydrogen (secondary N) is 3. The zero-order chi connectivity index (χ0) is 18.4. The summed E-state index contributed by atoms with van der Waals surface area (Å²) in [6.07, 6.45) is 9.90. The van der Waals surface area contributed by atoms with Gasteiger partial charge in [0.15, 0.2) is 0 Å². The third-order valence-electron chi connectivity index (χ3n) is 4.35. The number of H-pyrrole nitrogens is 1. The van der Waals surface area contributed by atoms with Gasteiger partial charge in [0.25, 0.3) is 5.56 Å². The van der Waals surface area contributed by atoms with E-state index in [-0.39, 0.29) is 11.6 Å². The van der Waals surface area contributed by atoms with Gasteiger partial charge in [-0.2, -0.15) is 5.10 Å². The Labute approximate surface area is 151 Å². The molecule has 2 amide bonds. The van der Waals surface area contributed by atoms with Crippen molar-refractivity contribution in [3.8, 4) is 0 Å². The fourth-order valence-electron chi connectivity index (χ4n) is 3.09. The second-order valence-electron chi connectivity index (χ2n) is 6.50. The Hall–Kier alpha value is -2.90. The Balaban J connectivity index is 1.48. The maximum absolute atomic E-state index is 12.1. The van der Waals surface area contributed by atoms with E-state index in [1.54, 1.807) is 19.2 Å². The molecule has 2 aromatic rings. The summed E-state index contributed by atoms with van der Waals surface area (Å²) in [5, 5.41) is 9.93. The van der Waals surface area contributed by atoms with Crippen LogP contribution in [-0.4, -0.2) is 32.3 Å². The summed E-state index contributed by atoms with van der Waals surface area (Å²) in [4.78, 5) is 30.4. The number of aromatic amines is 1. The van der Waals surface area contributed by atoms with Crippen LogP contribution in [0.15, 0.2) is 35.3 Å². The SMILES string of the molecule is Cc1nc(CCNC(=O)Nc2ccnn2CC2CC=CCC2)cc(=O)[nH]1. The van der Waals surface area contributed by atoms with Crippen LogP contribution < -0.4 is 16.2 Å². The molecule has 1 aliphatic carbocycles. The van der Waals surface area contributed by atoms with E-state index in [0.29, 0.717) is 36.2 Å². The molecule has 0 saturated heterocycles. The number of amides is 2. The van der Waals surface area contributed by atoms with Gasteiger partial charge >= 0.3 is 6.03 Å². The Morgan fingerprint density at radius 2 is 2.31 bits per heavy atom. The van der Waals surface area contributed by atoms with Gasteiger partial charge in [-0.05, 0) is 32.1 Å². The average Bonchev–Trinajstić information content (AvgIpc) is 3.01. The first-order valence-corrected chi connectivity index (χ1v) is 8.88. The average molecular weight is 356 g/mol. The van der Waals surface area contributed by atoms with Crippen molar-refractivity contribution in [2.24, 2.45) is 5.92 Å². The molecule has 2 heterocycles. The second-order valence-corrected chi connectivity index (χ2v) is 6.50. The molecule has 0 bridgehead atoms. The van der Waals surface area contributed by atoms with Crippen molar-refractivity contribution in [1.29, 1.82) is 0 Å². The lowest BCUT2D eigenvalue weighted by Gasteiger charge is -2.19. The van der Waals surface area contributed by atoms with Crippen molar-refractivity contribution in [2.45, 2.75) is 39.2 Å². The predicted molar refractivity (Wildman–Crippen MR) is 99.0 cm³/mol. The summed E-state index contributed by atoms with van der Waals surface area (Å²) >= 11 is 0. The molecule has 3 rings (SSSR count). The molecule has 2 aromatic heterocycles. The van der Waals surface area contributed by atoms with E-state index in [2.05, 4.69) is 37.9 Å². The van der Waals surface area contributed by atoms with Crippen LogP contribution in [0.2, 0.25) is 0 Å². The van der Waals surface area contributed by atoms with Crippen LogP contribution in [0.5, 0.6) is 0 Å². The van der Waals surface area contributed by atoms with E-state index in [9.17, 15) is 9.59 Å². The van der Waals surface area contributed by atoms with Crippen molar-refractivity contribution in [1.82, 2.24) is 25.1 Å². The molecule has 3 N–H and O–H groups in total. The maximum atomic E-state index is 12.1. The topological polar surface area (TPSA) is 105 Å². The monoisotopic (exact) mass is 356 g/mol. The lowest BCUT2D eigenvalue weighted by molar-refractivity contribution is 0.252. The predicted octanol–water partition coefficient (Wildman–Crippen LogP) is 2.00. The Morgan fingerprint density at radius 1 is 1.42 bits per heavy atom. The molecule has 0 aromatic carbocycles. The molecule has 8 heteroatoms. The van der Waals surface area contributed by atoms with Crippen LogP contribution in [-0.2, 0) is 13.0 Å². The van der Waals surface area contributed by atoms with Gasteiger partial charge in [-0.1, -0.05) is 12.2 Å². The molecular weight excluding hydrogens is 332 g/mol. The van der Waals surface area contributed by atoms with Crippen LogP contribution in [0.25, 0.3) is 0 Å². The molecule has 26 heavy (non-hydrogen) atoms. The minimum atomic E-state index is -0.295. The third-order valence-corrected chi connectivity index (χ3v) is 4.35. The minimum Gasteiger partial charge on any atom is -0.337 e. The smallest absolute Gasteiger partial charge is 0.320 e. The maximum Gasteiger partial charge on any atom is 0.320 e. The Morgan fingerprint density at radius 3 is 3.08 bits per heavy atom. The van der Waals surface area contributed by atoms with Crippen LogP contribution in [0, 0.1) is 12.8 Å². The minimum absolute atomic E-state index is 0.182. The molecule has 0 spiro atoms. The third kappa shape index (κ3) is 5.05. The summed E-state index contributed by atoms with van der Waals surface area (Å²) in [6, 6.07) is 2.94. The summed E-state index contributed by atoms with van der Waals surface area (Å²) in [7, 11) is 0. The molecule has 0 fully saturated rings. The first kappa shape index (κ1) is 17.9. The standard InChI is InChI=1S/C18H24N6O2/c1-13-21-15(11-17(25)22-13)7-9-19-18(26)23-16-8-10-20-24(16)12-14-5-3-2-4-6-14/h2-3,8,10-11,14H,4-7,9,12H2,1H3,(H2,19,23,26)(H,21,22,25). The molecule has 138 valence electrons. The molecule has 1 unspecified atom stereocenters. The fraction of sp³-hybridized carbons (Fsp3) is 0.444. The first-order valence-electron chi connectivity index (χ1n) is 8.88. The highest BCUT2D eigenvalue weighted by Crippen LogP contribution is 2.21. The summed E-state index contributed by atoms with van der Waals surface area (Å²) < 4.78 is 1.84. The molecule has 0 aliphatic heterocycles. The summed E-state index contributed by atoms with van der Waals surface area (Å²) in [6.45, 7) is 2.92. The van der Waals surface area contributed by atoms with Crippen LogP contribution in [0.4, 0.5) is 10.6 Å². The second kappa shape index (κ2) is 8.46. The van der Waals surface area contributed by atoms with Crippen LogP contribution in [0.3, 0.4) is 0 Å². The van der Waals surface area contributed by atoms with Crippen molar-refractivity contribution < 1.29 is 4.79 Å². The van der Waals surface area contributed by atoms with Gasteiger partial charge in [-0.15, -0.1) is 0 Å². The van der Waals surface area contributed by atoms with Gasteiger partial charge in [0.05, 0.1) is 6.20 Å². The lowest BCUT2D eigenvalue weighted by Crippen LogP contribution is -2.32. The molecule has 0 saturated carbocycles. The van der Waals surface area contributed by atoms with Crippen molar-refractivity contribution in [3.05, 3.63) is 52.4 Å². The lowest BCUT2D eigenvalue weighted by atomic mass is 9.94. The first-order chi connectivity index (χ1) is 12.6. The number of carbonyl (C=O) groups excluding carboxylic acids is 1. The number of rotatable bonds is 6. The van der Waals surface area contributed by atoms with E-state index < -0.39 is 0 Å². The number of nitrogens with zero attached hydrogens (tertiary/aromatic N) is 3. The Kier molecular flexibility index (Phi) is 5.83. The molecular formula is C18H24N6O2. The number of anilines is 1. The highest BCUT2D eigenvalue weighted by atomic mass is 16.2. The van der Waals surface area contributed by atoms with Gasteiger partial charge in [0.1, 0.15) is 11.6 Å². The zero-order valence-electron chi connectivity index (χ0n) is 14.9. The van der Waals surface area contributed by atoms with E-state index in [4.69, 9.17) is 0 Å². The van der Waals surface area contributed by atoms with E-state index >= 15 is 0 Å². The summed E-state index contributed by atoms with van der Waals surface area (Å²) in [5.41, 5.74) is 0.473. The molecule has 8 nitrogen and oxygen atoms in total. The number of urea groups is 1. The normalized spacial score (nSPS) is 16.4. The van der Waals surface area contributed by atoms with Crippen LogP contribution >= 0.6 is 0 Å². The number of allylic oxidation sites excluding steroid dienone is 2. The van der Waals surface area contributed by atoms with Crippen molar-refractivity contribution in [3.63, 3.8) is 0 Å². The van der Waals surface area contributed by atoms with E-state index in [0.717, 1.165) is 25.8 Å². The summed E-state index contributed by atoms with van der Waals surface area (Å²) in [5.74, 6) is 1.80. The van der Waals surface area contributed by atoms with Gasteiger partial charge in [0.2, 0.25) is 0 Å². The number of aromatic nitrogens is 4. The largest absolute Gasteiger partial charge is 0.337 e. The van der Waals surface area contributed by atoms with Gasteiger partial charge in [-0.3, -0.25) is 10.1 Å². The van der Waals surface area contributed by atoms with E-state index in [1.165, 1.54) is 6.07 Å². The van der Waals surface area contributed by atoms with Crippen LogP contribution in [0.1, 0.15) is 30.8 Å². The number of carbonyl (C=O) groups is 1. The molecule has 1 aliphatic rings. The van der Waals surface area contributed by atoms with Gasteiger partial charge in [-0.25, -0.2) is 14.5 Å². The number of hydrogen-bond acceptors (Lipinski definition) is 4. The number of aryl methyl sites for hydroxylation is 1. The van der Waals surface area contributed by atoms with Gasteiger partial charge in [0, 0.05) is 37.3 Å². The highest BCUT2D eigenvalue weighted by molar-refractivity contribution is 5.88. The fourth-order valence-corrected chi connectivity index (χ4v) is 3.09. The molecule has 0 radical (unpaired) electrons. The zero-order valence-corrected chi connectivity index (χ0v) is 14.9. The Bertz CT molecular complexity index is 838. The van der Waals surface area contributed by atoms with Crippen molar-refractivity contribution in [2.75, 3.05) is 11.9 Å². The number of hydrogen-bond donors (Lipinski definition) is 3. The quantitative estimate of drug-likeness (QED) is 0.689.